The summed E-state index contributed by atoms with van der Waals surface area (Å²) in [5.74, 6) is 2.39. The molecule has 10 aromatic rings. The van der Waals surface area contributed by atoms with Gasteiger partial charge >= 0.3 is 0 Å². The van der Waals surface area contributed by atoms with Crippen LogP contribution in [0.2, 0.25) is 0 Å². The van der Waals surface area contributed by atoms with E-state index >= 15 is 0 Å². The number of thiazole rings is 1. The van der Waals surface area contributed by atoms with Gasteiger partial charge in [0.05, 0.1) is 23.7 Å². The van der Waals surface area contributed by atoms with Crippen LogP contribution < -0.4 is 0 Å². The molecule has 24 heteroatoms. The third kappa shape index (κ3) is 32.6. The molecule has 0 aliphatic heterocycles. The molecule has 0 fully saturated rings. The molecule has 20 nitrogen and oxygen atoms in total. The summed E-state index contributed by atoms with van der Waals surface area (Å²) in [4.78, 5) is 21.8. The highest BCUT2D eigenvalue weighted by molar-refractivity contribution is 7.07. The van der Waals surface area contributed by atoms with Crippen molar-refractivity contribution in [1.29, 1.82) is 0 Å². The maximum absolute atomic E-state index is 4.46. The van der Waals surface area contributed by atoms with Crippen molar-refractivity contribution >= 4 is 45.9 Å². The van der Waals surface area contributed by atoms with Crippen molar-refractivity contribution in [3.63, 3.8) is 0 Å². The van der Waals surface area contributed by atoms with E-state index in [4.69, 9.17) is 0 Å². The summed E-state index contributed by atoms with van der Waals surface area (Å²) in [6.45, 7) is 17.1. The first-order valence-corrected chi connectivity index (χ1v) is 20.7. The van der Waals surface area contributed by atoms with Crippen molar-refractivity contribution in [2.45, 2.75) is 62.3 Å². The number of aromatic nitrogens is 17. The van der Waals surface area contributed by atoms with Crippen LogP contribution in [-0.2, 0) is 7.05 Å². The molecule has 0 bridgehead atoms. The van der Waals surface area contributed by atoms with Gasteiger partial charge in [0.2, 0.25) is 6.39 Å². The van der Waals surface area contributed by atoms with E-state index < -0.39 is 0 Å². The Morgan fingerprint density at radius 3 is 1.63 bits per heavy atom. The average Bonchev–Trinajstić information content (AvgIpc) is 4.06. The molecule has 0 aliphatic carbocycles. The van der Waals surface area contributed by atoms with Crippen molar-refractivity contribution in [3.8, 4) is 0 Å². The molecule has 10 heterocycles. The van der Waals surface area contributed by atoms with E-state index in [0.717, 1.165) is 40.0 Å². The molecule has 0 spiro atoms. The van der Waals surface area contributed by atoms with Gasteiger partial charge in [-0.15, -0.1) is 21.5 Å². The van der Waals surface area contributed by atoms with Crippen LogP contribution >= 0.6 is 45.9 Å². The molecular formula is C36H49N17O3S4. The Labute approximate surface area is 364 Å². The third-order valence-electron chi connectivity index (χ3n) is 5.47. The van der Waals surface area contributed by atoms with E-state index in [1.54, 1.807) is 48.8 Å². The van der Waals surface area contributed by atoms with Gasteiger partial charge in [0.15, 0.2) is 5.82 Å². The minimum absolute atomic E-state index is 0.676. The SMILES string of the molecule is Cc1cnc[nH]1.Cc1cnoc1.Cc1cnsc1.Cc1conn1.Cc1cscn1.Cc1csnn1.Cc1ncn[nH]1.Cc1ncon1.Cc1ncsn1.Cn1cccc1. The van der Waals surface area contributed by atoms with E-state index in [-0.39, 0.29) is 0 Å². The molecule has 2 N–H and O–H groups in total. The van der Waals surface area contributed by atoms with E-state index in [9.17, 15) is 0 Å². The monoisotopic (exact) mass is 895 g/mol. The second-order valence-electron chi connectivity index (χ2n) is 11.2. The first-order valence-electron chi connectivity index (χ1n) is 17.3. The molecule has 10 rings (SSSR count). The summed E-state index contributed by atoms with van der Waals surface area (Å²) < 4.78 is 26.5. The highest BCUT2D eigenvalue weighted by atomic mass is 32.1. The van der Waals surface area contributed by atoms with Crippen molar-refractivity contribution in [1.82, 2.24) is 83.7 Å². The zero-order chi connectivity index (χ0) is 44.1. The number of hydrogen-bond acceptors (Lipinski definition) is 21. The fourth-order valence-electron chi connectivity index (χ4n) is 2.67. The Balaban J connectivity index is 0.000000333. The zero-order valence-corrected chi connectivity index (χ0v) is 38.1. The maximum Gasteiger partial charge on any atom is 0.213 e. The molecule has 0 saturated heterocycles. The fourth-order valence-corrected chi connectivity index (χ4v) is 4.60. The topological polar surface area (TPSA) is 256 Å². The van der Waals surface area contributed by atoms with Crippen LogP contribution in [0.15, 0.2) is 115 Å². The highest BCUT2D eigenvalue weighted by Crippen LogP contribution is 1.97. The average molecular weight is 896 g/mol. The van der Waals surface area contributed by atoms with Crippen molar-refractivity contribution in [3.05, 3.63) is 153 Å². The quantitative estimate of drug-likeness (QED) is 0.145. The lowest BCUT2D eigenvalue weighted by atomic mass is 10.4. The predicted octanol–water partition coefficient (Wildman–Crippen LogP) is 8.19. The number of rotatable bonds is 0. The summed E-state index contributed by atoms with van der Waals surface area (Å²) in [5.41, 5.74) is 9.89. The van der Waals surface area contributed by atoms with Gasteiger partial charge in [-0.05, 0) is 115 Å². The summed E-state index contributed by atoms with van der Waals surface area (Å²) >= 11 is 5.88. The van der Waals surface area contributed by atoms with Gasteiger partial charge in [0, 0.05) is 70.2 Å². The number of hydrogen-bond donors (Lipinski definition) is 2. The lowest BCUT2D eigenvalue weighted by Gasteiger charge is -1.79. The molecule has 0 aliphatic rings. The standard InChI is InChI=1S/C5H7N.C4H6N2.C4H5NO.2C4H5NS.C3H5N3.2C3H4N2O.2C3H4N2S/c1-6-4-2-3-5-6;1-4-2-5-3-6-4;1-4-2-5-6-3-4;1-4-2-6-3-5-4;1-4-2-5-6-3-4;1-3-4-2-5-6-3;1-3-4-2-6-5-3;1-3-2-6-5-4-3;1-3-4-2-6-5-3;1-3-2-6-5-4-3/h2-5H,1H3;2-3H,1H3,(H,5,6);3*2-3H,1H3;2H,1H3,(H,4,5,6);4*2H,1H3. The Bertz CT molecular complexity index is 1660. The second kappa shape index (κ2) is 34.5. The van der Waals surface area contributed by atoms with Gasteiger partial charge in [0.25, 0.3) is 0 Å². The van der Waals surface area contributed by atoms with Gasteiger partial charge in [-0.1, -0.05) is 14.8 Å². The molecular weight excluding hydrogens is 847 g/mol. The summed E-state index contributed by atoms with van der Waals surface area (Å²) in [5, 5.41) is 29.4. The fraction of sp³-hybridized carbons (Fsp3) is 0.278. The smallest absolute Gasteiger partial charge is 0.213 e. The van der Waals surface area contributed by atoms with E-state index in [0.29, 0.717) is 5.82 Å². The van der Waals surface area contributed by atoms with Crippen LogP contribution in [0.4, 0.5) is 0 Å². The van der Waals surface area contributed by atoms with Crippen LogP contribution in [0.25, 0.3) is 0 Å². The Morgan fingerprint density at radius 2 is 1.47 bits per heavy atom. The normalized spacial score (nSPS) is 8.83. The third-order valence-corrected chi connectivity index (χ3v) is 8.07. The van der Waals surface area contributed by atoms with Crippen molar-refractivity contribution in [2.75, 3.05) is 0 Å². The van der Waals surface area contributed by atoms with Crippen LogP contribution in [0.3, 0.4) is 0 Å². The Hall–Kier alpha value is -6.50. The van der Waals surface area contributed by atoms with Gasteiger partial charge in [-0.25, -0.2) is 19.3 Å². The van der Waals surface area contributed by atoms with Crippen molar-refractivity contribution in [2.24, 2.45) is 7.05 Å². The van der Waals surface area contributed by atoms with Crippen LogP contribution in [0, 0.1) is 62.3 Å². The number of nitrogens with one attached hydrogen (secondary N) is 2. The zero-order valence-electron chi connectivity index (χ0n) is 34.9. The number of nitrogens with zero attached hydrogens (tertiary/aromatic N) is 15. The first-order chi connectivity index (χ1) is 28.9. The molecule has 0 saturated carbocycles. The molecule has 320 valence electrons. The summed E-state index contributed by atoms with van der Waals surface area (Å²) in [6.07, 6.45) is 16.8. The van der Waals surface area contributed by atoms with Crippen LogP contribution in [-0.4, -0.2) is 83.7 Å². The molecule has 0 unspecified atom stereocenters. The van der Waals surface area contributed by atoms with E-state index in [1.807, 2.05) is 119 Å². The first kappa shape index (κ1) is 51.5. The second-order valence-corrected chi connectivity index (χ2v) is 13.8. The molecule has 10 aromatic heterocycles. The molecule has 0 atom stereocenters. The highest BCUT2D eigenvalue weighted by Gasteiger charge is 1.82. The van der Waals surface area contributed by atoms with Crippen LogP contribution in [0.5, 0.6) is 0 Å². The largest absolute Gasteiger partial charge is 0.365 e. The Kier molecular flexibility index (Phi) is 29.7. The molecule has 0 amide bonds. The van der Waals surface area contributed by atoms with Gasteiger partial charge in [-0.2, -0.15) is 14.5 Å². The lowest BCUT2D eigenvalue weighted by molar-refractivity contribution is 0.392. The number of H-pyrrole nitrogens is 2. The van der Waals surface area contributed by atoms with Crippen molar-refractivity contribution < 1.29 is 13.6 Å². The predicted molar refractivity (Wildman–Crippen MR) is 232 cm³/mol. The number of imidazole rings is 1. The summed E-state index contributed by atoms with van der Waals surface area (Å²) in [6, 6.07) is 4.00. The van der Waals surface area contributed by atoms with E-state index in [2.05, 4.69) is 92.7 Å². The van der Waals surface area contributed by atoms with Crippen LogP contribution in [0.1, 0.15) is 51.4 Å². The molecule has 60 heavy (non-hydrogen) atoms. The maximum atomic E-state index is 4.46. The van der Waals surface area contributed by atoms with Gasteiger partial charge < -0.3 is 23.1 Å². The summed E-state index contributed by atoms with van der Waals surface area (Å²) in [7, 11) is 2.00. The van der Waals surface area contributed by atoms with E-state index in [1.165, 1.54) is 59.1 Å². The molecule has 0 aromatic carbocycles. The minimum Gasteiger partial charge on any atom is -0.365 e. The van der Waals surface area contributed by atoms with Gasteiger partial charge in [-0.3, -0.25) is 10.1 Å². The number of aromatic amines is 2. The lowest BCUT2D eigenvalue weighted by Crippen LogP contribution is -1.75. The minimum atomic E-state index is 0.676. The van der Waals surface area contributed by atoms with Gasteiger partial charge in [0.1, 0.15) is 41.7 Å². The number of aryl methyl sites for hydroxylation is 10. The Morgan fingerprint density at radius 1 is 0.667 bits per heavy atom. The molecule has 0 radical (unpaired) electrons.